The van der Waals surface area contributed by atoms with Crippen molar-refractivity contribution >= 4 is 33.4 Å². The van der Waals surface area contributed by atoms with Gasteiger partial charge in [0, 0.05) is 32.0 Å². The van der Waals surface area contributed by atoms with E-state index in [-0.39, 0.29) is 17.3 Å². The third-order valence-corrected chi connectivity index (χ3v) is 6.21. The summed E-state index contributed by atoms with van der Waals surface area (Å²) in [6.45, 7) is 1.66. The number of amides is 1. The van der Waals surface area contributed by atoms with Gasteiger partial charge in [0.1, 0.15) is 0 Å². The van der Waals surface area contributed by atoms with Crippen LogP contribution in [-0.2, 0) is 19.6 Å². The Bertz CT molecular complexity index is 623. The van der Waals surface area contributed by atoms with Crippen LogP contribution in [0.15, 0.2) is 29.2 Å². The average Bonchev–Trinajstić information content (AvgIpc) is 2.95. The maximum atomic E-state index is 12.3. The zero-order valence-corrected chi connectivity index (χ0v) is 14.2. The van der Waals surface area contributed by atoms with Crippen molar-refractivity contribution in [2.24, 2.45) is 0 Å². The smallest absolute Gasteiger partial charge is 0.240 e. The molecule has 6 nitrogen and oxygen atoms in total. The minimum atomic E-state index is -3.59. The van der Waals surface area contributed by atoms with E-state index in [1.165, 1.54) is 19.1 Å². The fourth-order valence-electron chi connectivity index (χ4n) is 2.19. The Balaban J connectivity index is 2.05. The van der Waals surface area contributed by atoms with Crippen LogP contribution in [0.25, 0.3) is 0 Å². The first-order valence-corrected chi connectivity index (χ1v) is 9.51. The number of nitrogens with one attached hydrogen (secondary N) is 2. The van der Waals surface area contributed by atoms with Crippen LogP contribution in [0.3, 0.4) is 0 Å². The SMILES string of the molecule is COC1(CNS(=O)(=O)c2ccc(NC(C)=O)cc2)CCSC1. The van der Waals surface area contributed by atoms with Gasteiger partial charge in [0.15, 0.2) is 0 Å². The summed E-state index contributed by atoms with van der Waals surface area (Å²) in [6, 6.07) is 6.06. The van der Waals surface area contributed by atoms with Gasteiger partial charge in [0.05, 0.1) is 10.5 Å². The summed E-state index contributed by atoms with van der Waals surface area (Å²) in [5.74, 6) is 1.56. The molecule has 8 heteroatoms. The fourth-order valence-corrected chi connectivity index (χ4v) is 4.70. The van der Waals surface area contributed by atoms with Crippen LogP contribution in [-0.4, -0.2) is 45.1 Å². The van der Waals surface area contributed by atoms with Gasteiger partial charge in [-0.1, -0.05) is 0 Å². The molecule has 0 aliphatic carbocycles. The van der Waals surface area contributed by atoms with Crippen LogP contribution in [0.1, 0.15) is 13.3 Å². The molecule has 1 aliphatic heterocycles. The van der Waals surface area contributed by atoms with Gasteiger partial charge < -0.3 is 10.1 Å². The van der Waals surface area contributed by atoms with E-state index in [4.69, 9.17) is 4.74 Å². The third-order valence-electron chi connectivity index (χ3n) is 3.57. The van der Waals surface area contributed by atoms with E-state index >= 15 is 0 Å². The molecule has 122 valence electrons. The number of thioether (sulfide) groups is 1. The number of carbonyl (C=O) groups excluding carboxylic acids is 1. The number of hydrogen-bond donors (Lipinski definition) is 2. The van der Waals surface area contributed by atoms with Crippen LogP contribution in [0, 0.1) is 0 Å². The molecule has 1 amide bonds. The van der Waals surface area contributed by atoms with Gasteiger partial charge in [-0.3, -0.25) is 4.79 Å². The molecular weight excluding hydrogens is 324 g/mol. The second-order valence-corrected chi connectivity index (χ2v) is 8.09. The molecule has 0 aromatic heterocycles. The molecule has 1 aromatic carbocycles. The lowest BCUT2D eigenvalue weighted by Crippen LogP contribution is -2.44. The minimum absolute atomic E-state index is 0.165. The van der Waals surface area contributed by atoms with Crippen LogP contribution >= 0.6 is 11.8 Å². The molecule has 1 fully saturated rings. The molecule has 1 aliphatic rings. The van der Waals surface area contributed by atoms with Crippen LogP contribution in [0.5, 0.6) is 0 Å². The molecule has 1 aromatic rings. The van der Waals surface area contributed by atoms with Crippen molar-refractivity contribution in [3.63, 3.8) is 0 Å². The molecule has 22 heavy (non-hydrogen) atoms. The number of rotatable bonds is 6. The highest BCUT2D eigenvalue weighted by Gasteiger charge is 2.35. The first kappa shape index (κ1) is 17.3. The van der Waals surface area contributed by atoms with E-state index in [1.807, 2.05) is 0 Å². The maximum Gasteiger partial charge on any atom is 0.240 e. The van der Waals surface area contributed by atoms with Gasteiger partial charge in [-0.15, -0.1) is 0 Å². The second-order valence-electron chi connectivity index (χ2n) is 5.22. The summed E-state index contributed by atoms with van der Waals surface area (Å²) in [5, 5.41) is 2.60. The van der Waals surface area contributed by atoms with Crippen molar-refractivity contribution in [3.8, 4) is 0 Å². The average molecular weight is 344 g/mol. The Morgan fingerprint density at radius 2 is 2.05 bits per heavy atom. The van der Waals surface area contributed by atoms with Gasteiger partial charge in [-0.05, 0) is 36.4 Å². The highest BCUT2D eigenvalue weighted by molar-refractivity contribution is 7.99. The molecule has 0 bridgehead atoms. The van der Waals surface area contributed by atoms with E-state index in [9.17, 15) is 13.2 Å². The molecule has 1 atom stereocenters. The van der Waals surface area contributed by atoms with E-state index in [0.717, 1.165) is 17.9 Å². The van der Waals surface area contributed by atoms with Gasteiger partial charge in [0.2, 0.25) is 15.9 Å². The van der Waals surface area contributed by atoms with E-state index in [2.05, 4.69) is 10.0 Å². The molecule has 2 N–H and O–H groups in total. The Morgan fingerprint density at radius 1 is 1.36 bits per heavy atom. The zero-order chi connectivity index (χ0) is 16.2. The third kappa shape index (κ3) is 4.22. The normalized spacial score (nSPS) is 21.7. The number of carbonyl (C=O) groups is 1. The molecule has 0 radical (unpaired) electrons. The predicted octanol–water partition coefficient (Wildman–Crippen LogP) is 1.45. The summed E-state index contributed by atoms with van der Waals surface area (Å²) in [5.41, 5.74) is 0.139. The molecule has 2 rings (SSSR count). The first-order chi connectivity index (χ1) is 10.4. The molecule has 0 saturated carbocycles. The summed E-state index contributed by atoms with van der Waals surface area (Å²) in [7, 11) is -1.98. The van der Waals surface area contributed by atoms with Crippen LogP contribution in [0.2, 0.25) is 0 Å². The second kappa shape index (κ2) is 6.99. The van der Waals surface area contributed by atoms with Crippen molar-refractivity contribution in [2.75, 3.05) is 30.5 Å². The van der Waals surface area contributed by atoms with Crippen molar-refractivity contribution in [1.29, 1.82) is 0 Å². The fraction of sp³-hybridized carbons (Fsp3) is 0.500. The van der Waals surface area contributed by atoms with E-state index < -0.39 is 15.6 Å². The number of methoxy groups -OCH3 is 1. The monoisotopic (exact) mass is 344 g/mol. The predicted molar refractivity (Wildman–Crippen MR) is 87.6 cm³/mol. The van der Waals surface area contributed by atoms with Gasteiger partial charge in [-0.2, -0.15) is 11.8 Å². The summed E-state index contributed by atoms with van der Waals surface area (Å²) in [6.07, 6.45) is 0.832. The van der Waals surface area contributed by atoms with Gasteiger partial charge in [-0.25, -0.2) is 13.1 Å². The Morgan fingerprint density at radius 3 is 2.55 bits per heavy atom. The lowest BCUT2D eigenvalue weighted by molar-refractivity contribution is -0.114. The Labute approximate surface area is 135 Å². The number of benzene rings is 1. The minimum Gasteiger partial charge on any atom is -0.376 e. The largest absolute Gasteiger partial charge is 0.376 e. The highest BCUT2D eigenvalue weighted by Crippen LogP contribution is 2.30. The lowest BCUT2D eigenvalue weighted by Gasteiger charge is -2.26. The van der Waals surface area contributed by atoms with Gasteiger partial charge in [0.25, 0.3) is 0 Å². The topological polar surface area (TPSA) is 84.5 Å². The molecule has 1 heterocycles. The number of anilines is 1. The van der Waals surface area contributed by atoms with Crippen LogP contribution < -0.4 is 10.0 Å². The standard InChI is InChI=1S/C14H20N2O4S2/c1-11(17)16-12-3-5-13(6-4-12)22(18,19)15-9-14(20-2)7-8-21-10-14/h3-6,15H,7-10H2,1-2H3,(H,16,17). The van der Waals surface area contributed by atoms with Gasteiger partial charge >= 0.3 is 0 Å². The first-order valence-electron chi connectivity index (χ1n) is 6.87. The number of sulfonamides is 1. The van der Waals surface area contributed by atoms with Crippen LogP contribution in [0.4, 0.5) is 5.69 Å². The molecule has 0 spiro atoms. The molecule has 1 unspecified atom stereocenters. The van der Waals surface area contributed by atoms with E-state index in [1.54, 1.807) is 31.0 Å². The van der Waals surface area contributed by atoms with Crippen molar-refractivity contribution < 1.29 is 17.9 Å². The zero-order valence-electron chi connectivity index (χ0n) is 12.6. The lowest BCUT2D eigenvalue weighted by atomic mass is 10.0. The maximum absolute atomic E-state index is 12.3. The van der Waals surface area contributed by atoms with Crippen molar-refractivity contribution in [3.05, 3.63) is 24.3 Å². The molecule has 1 saturated heterocycles. The summed E-state index contributed by atoms with van der Waals surface area (Å²) in [4.78, 5) is 11.1. The summed E-state index contributed by atoms with van der Waals surface area (Å²) < 4.78 is 32.8. The quantitative estimate of drug-likeness (QED) is 0.816. The van der Waals surface area contributed by atoms with E-state index in [0.29, 0.717) is 5.69 Å². The Hall–Kier alpha value is -1.09. The number of ether oxygens (including phenoxy) is 1. The highest BCUT2D eigenvalue weighted by atomic mass is 32.2. The Kier molecular flexibility index (Phi) is 5.49. The summed E-state index contributed by atoms with van der Waals surface area (Å²) >= 11 is 1.76. The van der Waals surface area contributed by atoms with Crippen molar-refractivity contribution in [1.82, 2.24) is 4.72 Å². The number of hydrogen-bond acceptors (Lipinski definition) is 5. The molecular formula is C14H20N2O4S2. The van der Waals surface area contributed by atoms with Crippen molar-refractivity contribution in [2.45, 2.75) is 23.8 Å².